The highest BCUT2D eigenvalue weighted by Gasteiger charge is 1.96. The molecule has 3 nitrogen and oxygen atoms in total. The van der Waals surface area contributed by atoms with Crippen molar-refractivity contribution in [3.05, 3.63) is 5.28 Å². The number of rotatable bonds is 2. The molecule has 1 aromatic heterocycles. The Morgan fingerprint density at radius 3 is 3.00 bits per heavy atom. The maximum absolute atomic E-state index is 5.44. The van der Waals surface area contributed by atoms with Crippen molar-refractivity contribution >= 4 is 28.3 Å². The van der Waals surface area contributed by atoms with Gasteiger partial charge in [-0.25, -0.2) is 0 Å². The van der Waals surface area contributed by atoms with Gasteiger partial charge < -0.3 is 5.32 Å². The predicted octanol–water partition coefficient (Wildman–Crippen LogP) is 1.62. The molecule has 0 bridgehead atoms. The number of halogens is 1. The van der Waals surface area contributed by atoms with Gasteiger partial charge in [-0.3, -0.25) is 0 Å². The minimum Gasteiger partial charge on any atom is -0.361 e. The van der Waals surface area contributed by atoms with Crippen LogP contribution in [0.2, 0.25) is 5.28 Å². The Morgan fingerprint density at radius 2 is 2.56 bits per heavy atom. The maximum atomic E-state index is 5.44. The van der Waals surface area contributed by atoms with E-state index in [1.165, 1.54) is 11.5 Å². The Kier molecular flexibility index (Phi) is 2.24. The largest absolute Gasteiger partial charge is 0.361 e. The number of nitrogens with one attached hydrogen (secondary N) is 1. The zero-order valence-corrected chi connectivity index (χ0v) is 6.46. The predicted molar refractivity (Wildman–Crippen MR) is 39.1 cm³/mol. The molecule has 0 aliphatic rings. The van der Waals surface area contributed by atoms with Crippen LogP contribution >= 0.6 is 23.1 Å². The zero-order valence-electron chi connectivity index (χ0n) is 4.89. The average molecular weight is 164 g/mol. The normalized spacial score (nSPS) is 9.56. The van der Waals surface area contributed by atoms with Crippen LogP contribution in [0.5, 0.6) is 0 Å². The van der Waals surface area contributed by atoms with Crippen molar-refractivity contribution in [1.82, 2.24) is 9.36 Å². The second kappa shape index (κ2) is 2.98. The standard InChI is InChI=1S/C4H6ClN3S/c1-2-6-4-7-3(5)8-9-4/h2H2,1H3,(H,6,7,8). The summed E-state index contributed by atoms with van der Waals surface area (Å²) in [6, 6.07) is 0. The van der Waals surface area contributed by atoms with Crippen molar-refractivity contribution in [3.63, 3.8) is 0 Å². The molecule has 9 heavy (non-hydrogen) atoms. The topological polar surface area (TPSA) is 37.8 Å². The molecule has 0 radical (unpaired) electrons. The van der Waals surface area contributed by atoms with Gasteiger partial charge in [-0.2, -0.15) is 9.36 Å². The lowest BCUT2D eigenvalue weighted by molar-refractivity contribution is 1.18. The van der Waals surface area contributed by atoms with Gasteiger partial charge in [-0.1, -0.05) is 0 Å². The van der Waals surface area contributed by atoms with Crippen molar-refractivity contribution in [2.45, 2.75) is 6.92 Å². The van der Waals surface area contributed by atoms with Crippen molar-refractivity contribution in [2.75, 3.05) is 11.9 Å². The molecule has 1 heterocycles. The molecule has 1 rings (SSSR count). The van der Waals surface area contributed by atoms with E-state index < -0.39 is 0 Å². The van der Waals surface area contributed by atoms with Crippen molar-refractivity contribution in [1.29, 1.82) is 0 Å². The van der Waals surface area contributed by atoms with Gasteiger partial charge in [0.05, 0.1) is 0 Å². The third-order valence-electron chi connectivity index (χ3n) is 0.729. The van der Waals surface area contributed by atoms with Gasteiger partial charge in [0.25, 0.3) is 0 Å². The third-order valence-corrected chi connectivity index (χ3v) is 1.67. The maximum Gasteiger partial charge on any atom is 0.236 e. The first-order chi connectivity index (χ1) is 4.33. The van der Waals surface area contributed by atoms with E-state index in [1.807, 2.05) is 6.92 Å². The molecule has 1 N–H and O–H groups in total. The summed E-state index contributed by atoms with van der Waals surface area (Å²) in [4.78, 5) is 3.86. The molecule has 0 atom stereocenters. The highest BCUT2D eigenvalue weighted by molar-refractivity contribution is 7.09. The van der Waals surface area contributed by atoms with Crippen molar-refractivity contribution < 1.29 is 0 Å². The average Bonchev–Trinajstić information content (AvgIpc) is 2.17. The van der Waals surface area contributed by atoms with E-state index in [-0.39, 0.29) is 0 Å². The van der Waals surface area contributed by atoms with E-state index in [1.54, 1.807) is 0 Å². The van der Waals surface area contributed by atoms with Gasteiger partial charge in [0.2, 0.25) is 10.4 Å². The van der Waals surface area contributed by atoms with Crippen LogP contribution in [0.15, 0.2) is 0 Å². The first-order valence-corrected chi connectivity index (χ1v) is 3.71. The molecule has 0 fully saturated rings. The first kappa shape index (κ1) is 6.77. The van der Waals surface area contributed by atoms with Crippen LogP contribution < -0.4 is 5.32 Å². The van der Waals surface area contributed by atoms with Crippen molar-refractivity contribution in [3.8, 4) is 0 Å². The van der Waals surface area contributed by atoms with E-state index in [2.05, 4.69) is 14.7 Å². The van der Waals surface area contributed by atoms with Crippen LogP contribution in [-0.4, -0.2) is 15.9 Å². The van der Waals surface area contributed by atoms with Gasteiger partial charge >= 0.3 is 0 Å². The molecular weight excluding hydrogens is 158 g/mol. The van der Waals surface area contributed by atoms with Crippen LogP contribution in [0, 0.1) is 0 Å². The third kappa shape index (κ3) is 1.80. The van der Waals surface area contributed by atoms with E-state index in [4.69, 9.17) is 11.6 Å². The Hall–Kier alpha value is -0.350. The summed E-state index contributed by atoms with van der Waals surface area (Å²) in [5.41, 5.74) is 0. The molecule has 0 unspecified atom stereocenters. The highest BCUT2D eigenvalue weighted by atomic mass is 35.5. The summed E-state index contributed by atoms with van der Waals surface area (Å²) in [6.07, 6.45) is 0. The molecule has 50 valence electrons. The van der Waals surface area contributed by atoms with Crippen LogP contribution in [0.25, 0.3) is 0 Å². The Labute approximate surface area is 62.2 Å². The quantitative estimate of drug-likeness (QED) is 0.720. The molecule has 0 amide bonds. The SMILES string of the molecule is CCNc1nc(Cl)ns1. The first-order valence-electron chi connectivity index (χ1n) is 2.56. The molecule has 0 spiro atoms. The minimum absolute atomic E-state index is 0.316. The van der Waals surface area contributed by atoms with Gasteiger partial charge in [0.1, 0.15) is 0 Å². The molecule has 0 aromatic carbocycles. The summed E-state index contributed by atoms with van der Waals surface area (Å²) >= 11 is 6.71. The number of anilines is 1. The van der Waals surface area contributed by atoms with Gasteiger partial charge in [0, 0.05) is 18.1 Å². The zero-order chi connectivity index (χ0) is 6.69. The van der Waals surface area contributed by atoms with Crippen molar-refractivity contribution in [2.24, 2.45) is 0 Å². The smallest absolute Gasteiger partial charge is 0.236 e. The summed E-state index contributed by atoms with van der Waals surface area (Å²) in [7, 11) is 0. The molecule has 0 aliphatic heterocycles. The number of hydrogen-bond donors (Lipinski definition) is 1. The summed E-state index contributed by atoms with van der Waals surface area (Å²) in [5, 5.41) is 4.08. The van der Waals surface area contributed by atoms with Gasteiger partial charge in [-0.15, -0.1) is 0 Å². The number of nitrogens with zero attached hydrogens (tertiary/aromatic N) is 2. The Bertz CT molecular complexity index is 188. The fraction of sp³-hybridized carbons (Fsp3) is 0.500. The number of aromatic nitrogens is 2. The highest BCUT2D eigenvalue weighted by Crippen LogP contribution is 2.12. The summed E-state index contributed by atoms with van der Waals surface area (Å²) in [5.74, 6) is 0. The molecule has 5 heteroatoms. The lowest BCUT2D eigenvalue weighted by atomic mass is 10.8. The van der Waals surface area contributed by atoms with E-state index in [9.17, 15) is 0 Å². The minimum atomic E-state index is 0.316. The van der Waals surface area contributed by atoms with Gasteiger partial charge in [0.15, 0.2) is 0 Å². The Balaban J connectivity index is 2.61. The van der Waals surface area contributed by atoms with E-state index >= 15 is 0 Å². The second-order valence-corrected chi connectivity index (χ2v) is 2.49. The van der Waals surface area contributed by atoms with Crippen LogP contribution in [-0.2, 0) is 0 Å². The molecule has 0 saturated carbocycles. The molecule has 0 aliphatic carbocycles. The Morgan fingerprint density at radius 1 is 1.78 bits per heavy atom. The monoisotopic (exact) mass is 163 g/mol. The fourth-order valence-corrected chi connectivity index (χ4v) is 1.21. The van der Waals surface area contributed by atoms with Gasteiger partial charge in [-0.05, 0) is 18.5 Å². The molecule has 1 aromatic rings. The molecule has 0 saturated heterocycles. The second-order valence-electron chi connectivity index (χ2n) is 1.40. The lowest BCUT2D eigenvalue weighted by Crippen LogP contribution is -1.94. The van der Waals surface area contributed by atoms with E-state index in [0.717, 1.165) is 11.7 Å². The van der Waals surface area contributed by atoms with Crippen LogP contribution in [0.1, 0.15) is 6.92 Å². The molecular formula is C4H6ClN3S. The van der Waals surface area contributed by atoms with Crippen LogP contribution in [0.3, 0.4) is 0 Å². The lowest BCUT2D eigenvalue weighted by Gasteiger charge is -1.90. The summed E-state index contributed by atoms with van der Waals surface area (Å²) in [6.45, 7) is 2.85. The summed E-state index contributed by atoms with van der Waals surface area (Å²) < 4.78 is 3.77. The fourth-order valence-electron chi connectivity index (χ4n) is 0.429. The number of hydrogen-bond acceptors (Lipinski definition) is 4. The van der Waals surface area contributed by atoms with Crippen LogP contribution in [0.4, 0.5) is 5.13 Å². The van der Waals surface area contributed by atoms with E-state index in [0.29, 0.717) is 5.28 Å².